The average molecular weight is 352 g/mol. The standard InChI is InChI=1S/C19H16N2O5/c1-12-11-16(21-26-12)20-18(23)17(13-7-3-2-4-8-13)25-19(24)14-9-5-6-10-15(14)22/h2-11,17,22H,1H3,(H,20,21,23). The van der Waals surface area contributed by atoms with Gasteiger partial charge in [0.15, 0.2) is 5.82 Å². The molecule has 132 valence electrons. The molecule has 1 atom stereocenters. The lowest BCUT2D eigenvalue weighted by molar-refractivity contribution is -0.125. The highest BCUT2D eigenvalue weighted by atomic mass is 16.5. The Labute approximate surface area is 149 Å². The van der Waals surface area contributed by atoms with Gasteiger partial charge in [0.25, 0.3) is 5.91 Å². The Morgan fingerprint density at radius 2 is 1.81 bits per heavy atom. The van der Waals surface area contributed by atoms with Crippen molar-refractivity contribution in [2.75, 3.05) is 5.32 Å². The second kappa shape index (κ2) is 7.52. The number of anilines is 1. The van der Waals surface area contributed by atoms with Gasteiger partial charge in [0.05, 0.1) is 0 Å². The Morgan fingerprint density at radius 1 is 1.12 bits per heavy atom. The molecular formula is C19H16N2O5. The van der Waals surface area contributed by atoms with E-state index in [1.807, 2.05) is 0 Å². The van der Waals surface area contributed by atoms with Crippen LogP contribution in [-0.2, 0) is 9.53 Å². The van der Waals surface area contributed by atoms with Gasteiger partial charge in [-0.25, -0.2) is 4.79 Å². The lowest BCUT2D eigenvalue weighted by Crippen LogP contribution is -2.26. The highest BCUT2D eigenvalue weighted by molar-refractivity contribution is 5.98. The molecule has 0 saturated heterocycles. The first-order valence-electron chi connectivity index (χ1n) is 7.82. The summed E-state index contributed by atoms with van der Waals surface area (Å²) in [5, 5.41) is 16.1. The van der Waals surface area contributed by atoms with Crippen LogP contribution >= 0.6 is 0 Å². The normalized spacial score (nSPS) is 11.6. The Hall–Kier alpha value is -3.61. The van der Waals surface area contributed by atoms with Crippen molar-refractivity contribution in [3.05, 3.63) is 77.6 Å². The predicted octanol–water partition coefficient (Wildman–Crippen LogP) is 3.23. The number of aromatic hydroxyl groups is 1. The number of carbonyl (C=O) groups excluding carboxylic acids is 2. The Bertz CT molecular complexity index is 920. The van der Waals surface area contributed by atoms with Crippen molar-refractivity contribution >= 4 is 17.7 Å². The summed E-state index contributed by atoms with van der Waals surface area (Å²) >= 11 is 0. The van der Waals surface area contributed by atoms with Crippen molar-refractivity contribution in [1.29, 1.82) is 0 Å². The molecule has 1 heterocycles. The average Bonchev–Trinajstić information content (AvgIpc) is 3.05. The van der Waals surface area contributed by atoms with Gasteiger partial charge >= 0.3 is 5.97 Å². The van der Waals surface area contributed by atoms with Gasteiger partial charge in [-0.15, -0.1) is 0 Å². The summed E-state index contributed by atoms with van der Waals surface area (Å²) in [5.74, 6) is -0.886. The maximum Gasteiger partial charge on any atom is 0.343 e. The van der Waals surface area contributed by atoms with E-state index in [0.29, 0.717) is 11.3 Å². The molecule has 7 nitrogen and oxygen atoms in total. The topological polar surface area (TPSA) is 102 Å². The summed E-state index contributed by atoms with van der Waals surface area (Å²) in [6, 6.07) is 16.1. The molecule has 1 unspecified atom stereocenters. The smallest absolute Gasteiger partial charge is 0.343 e. The fourth-order valence-corrected chi connectivity index (χ4v) is 2.33. The number of nitrogens with one attached hydrogen (secondary N) is 1. The second-order valence-electron chi connectivity index (χ2n) is 5.53. The molecule has 26 heavy (non-hydrogen) atoms. The minimum Gasteiger partial charge on any atom is -0.507 e. The Morgan fingerprint density at radius 3 is 2.46 bits per heavy atom. The number of hydrogen-bond acceptors (Lipinski definition) is 6. The van der Waals surface area contributed by atoms with Crippen LogP contribution in [0.2, 0.25) is 0 Å². The largest absolute Gasteiger partial charge is 0.507 e. The molecule has 0 bridgehead atoms. The summed E-state index contributed by atoms with van der Waals surface area (Å²) in [5.41, 5.74) is 0.451. The highest BCUT2D eigenvalue weighted by Crippen LogP contribution is 2.24. The molecule has 1 amide bonds. The van der Waals surface area contributed by atoms with E-state index in [1.165, 1.54) is 12.1 Å². The van der Waals surface area contributed by atoms with Crippen molar-refractivity contribution in [3.8, 4) is 5.75 Å². The number of aryl methyl sites for hydroxylation is 1. The van der Waals surface area contributed by atoms with Crippen molar-refractivity contribution in [2.45, 2.75) is 13.0 Å². The first-order chi connectivity index (χ1) is 12.5. The molecule has 3 aromatic rings. The van der Waals surface area contributed by atoms with E-state index < -0.39 is 18.0 Å². The van der Waals surface area contributed by atoms with Crippen LogP contribution in [0.3, 0.4) is 0 Å². The van der Waals surface area contributed by atoms with E-state index in [0.717, 1.165) is 0 Å². The van der Waals surface area contributed by atoms with E-state index in [1.54, 1.807) is 55.5 Å². The molecule has 0 aliphatic carbocycles. The number of phenolic OH excluding ortho intramolecular Hbond substituents is 1. The van der Waals surface area contributed by atoms with Crippen molar-refractivity contribution in [1.82, 2.24) is 5.16 Å². The SMILES string of the molecule is Cc1cc(NC(=O)C(OC(=O)c2ccccc2O)c2ccccc2)no1. The monoisotopic (exact) mass is 352 g/mol. The summed E-state index contributed by atoms with van der Waals surface area (Å²) in [7, 11) is 0. The molecule has 0 saturated carbocycles. The van der Waals surface area contributed by atoms with Gasteiger partial charge < -0.3 is 19.7 Å². The first kappa shape index (κ1) is 17.2. The fourth-order valence-electron chi connectivity index (χ4n) is 2.33. The van der Waals surface area contributed by atoms with E-state index in [4.69, 9.17) is 9.26 Å². The number of para-hydroxylation sites is 1. The number of nitrogens with zero attached hydrogens (tertiary/aromatic N) is 1. The number of amides is 1. The molecule has 0 aliphatic rings. The third-order valence-corrected chi connectivity index (χ3v) is 3.57. The van der Waals surface area contributed by atoms with Crippen LogP contribution in [0.1, 0.15) is 27.8 Å². The minimum atomic E-state index is -1.22. The molecule has 2 N–H and O–H groups in total. The van der Waals surface area contributed by atoms with E-state index in [9.17, 15) is 14.7 Å². The van der Waals surface area contributed by atoms with E-state index in [2.05, 4.69) is 10.5 Å². The number of benzene rings is 2. The van der Waals surface area contributed by atoms with Crippen LogP contribution in [0.5, 0.6) is 5.75 Å². The van der Waals surface area contributed by atoms with Crippen LogP contribution in [0.25, 0.3) is 0 Å². The zero-order valence-electron chi connectivity index (χ0n) is 13.9. The van der Waals surface area contributed by atoms with Crippen LogP contribution in [-0.4, -0.2) is 22.1 Å². The summed E-state index contributed by atoms with van der Waals surface area (Å²) in [4.78, 5) is 25.1. The van der Waals surface area contributed by atoms with Gasteiger partial charge in [-0.05, 0) is 19.1 Å². The van der Waals surface area contributed by atoms with Gasteiger partial charge in [0.2, 0.25) is 6.10 Å². The highest BCUT2D eigenvalue weighted by Gasteiger charge is 2.27. The van der Waals surface area contributed by atoms with E-state index >= 15 is 0 Å². The summed E-state index contributed by atoms with van der Waals surface area (Å²) < 4.78 is 10.3. The quantitative estimate of drug-likeness (QED) is 0.684. The van der Waals surface area contributed by atoms with Gasteiger partial charge in [-0.2, -0.15) is 0 Å². The molecule has 0 fully saturated rings. The lowest BCUT2D eigenvalue weighted by Gasteiger charge is -2.17. The third kappa shape index (κ3) is 3.89. The van der Waals surface area contributed by atoms with Gasteiger partial charge in [0.1, 0.15) is 17.1 Å². The number of phenols is 1. The molecule has 1 aromatic heterocycles. The number of rotatable bonds is 5. The Kier molecular flexibility index (Phi) is 4.98. The van der Waals surface area contributed by atoms with E-state index in [-0.39, 0.29) is 17.1 Å². The maximum absolute atomic E-state index is 12.6. The molecule has 3 rings (SSSR count). The van der Waals surface area contributed by atoms with Gasteiger partial charge in [0, 0.05) is 11.6 Å². The maximum atomic E-state index is 12.6. The number of aromatic nitrogens is 1. The van der Waals surface area contributed by atoms with Crippen molar-refractivity contribution < 1.29 is 24.0 Å². The lowest BCUT2D eigenvalue weighted by atomic mass is 10.1. The van der Waals surface area contributed by atoms with Gasteiger partial charge in [-0.3, -0.25) is 4.79 Å². The van der Waals surface area contributed by atoms with Crippen molar-refractivity contribution in [3.63, 3.8) is 0 Å². The minimum absolute atomic E-state index is 0.0292. The fraction of sp³-hybridized carbons (Fsp3) is 0.105. The first-order valence-corrected chi connectivity index (χ1v) is 7.82. The zero-order valence-corrected chi connectivity index (χ0v) is 13.9. The van der Waals surface area contributed by atoms with Gasteiger partial charge in [-0.1, -0.05) is 47.6 Å². The zero-order chi connectivity index (χ0) is 18.5. The van der Waals surface area contributed by atoms with Crippen molar-refractivity contribution in [2.24, 2.45) is 0 Å². The summed E-state index contributed by atoms with van der Waals surface area (Å²) in [6.45, 7) is 1.69. The molecule has 0 aliphatic heterocycles. The summed E-state index contributed by atoms with van der Waals surface area (Å²) in [6.07, 6.45) is -1.22. The third-order valence-electron chi connectivity index (χ3n) is 3.57. The van der Waals surface area contributed by atoms with Crippen LogP contribution in [0, 0.1) is 6.92 Å². The molecule has 2 aromatic carbocycles. The number of hydrogen-bond donors (Lipinski definition) is 2. The Balaban J connectivity index is 1.85. The predicted molar refractivity (Wildman–Crippen MR) is 92.6 cm³/mol. The molecular weight excluding hydrogens is 336 g/mol. The number of ether oxygens (including phenoxy) is 1. The second-order valence-corrected chi connectivity index (χ2v) is 5.53. The molecule has 0 spiro atoms. The van der Waals surface area contributed by atoms with Crippen LogP contribution < -0.4 is 5.32 Å². The van der Waals surface area contributed by atoms with Crippen LogP contribution in [0.15, 0.2) is 65.2 Å². The molecule has 0 radical (unpaired) electrons. The number of carbonyl (C=O) groups is 2. The molecule has 7 heteroatoms. The number of esters is 1. The van der Waals surface area contributed by atoms with Crippen LogP contribution in [0.4, 0.5) is 5.82 Å².